The van der Waals surface area contributed by atoms with Crippen LogP contribution < -0.4 is 0 Å². The summed E-state index contributed by atoms with van der Waals surface area (Å²) >= 11 is 0. The van der Waals surface area contributed by atoms with Gasteiger partial charge in [0.1, 0.15) is 5.60 Å². The molecule has 0 spiro atoms. The maximum absolute atomic E-state index is 12.4. The van der Waals surface area contributed by atoms with E-state index in [1.54, 1.807) is 0 Å². The number of hydrogen-bond acceptors (Lipinski definition) is 2. The molecule has 2 saturated carbocycles. The normalized spacial score (nSPS) is 36.8. The fourth-order valence-corrected chi connectivity index (χ4v) is 4.06. The van der Waals surface area contributed by atoms with Crippen LogP contribution in [0.1, 0.15) is 58.3 Å². The molecule has 3 atom stereocenters. The Hall–Kier alpha value is -0.790. The van der Waals surface area contributed by atoms with Crippen molar-refractivity contribution in [3.05, 3.63) is 12.2 Å². The maximum atomic E-state index is 12.4. The molecule has 0 heterocycles. The monoisotopic (exact) mass is 248 g/mol. The van der Waals surface area contributed by atoms with Gasteiger partial charge in [-0.25, -0.2) is 0 Å². The van der Waals surface area contributed by atoms with Crippen LogP contribution >= 0.6 is 0 Å². The fraction of sp³-hybridized carbons (Fsp3) is 0.812. The van der Waals surface area contributed by atoms with Gasteiger partial charge in [0.25, 0.3) is 0 Å². The number of carbonyl (C=O) groups is 1. The average molecular weight is 248 g/mol. The van der Waals surface area contributed by atoms with Gasteiger partial charge in [-0.2, -0.15) is 0 Å². The Morgan fingerprint density at radius 2 is 2.00 bits per heavy atom. The van der Waals surface area contributed by atoms with Gasteiger partial charge in [0.05, 0.1) is 5.92 Å². The van der Waals surface area contributed by atoms with Gasteiger partial charge in [0.15, 0.2) is 0 Å². The molecule has 18 heavy (non-hydrogen) atoms. The van der Waals surface area contributed by atoms with Gasteiger partial charge in [-0.15, -0.1) is 0 Å². The molecule has 100 valence electrons. The van der Waals surface area contributed by atoms with E-state index in [2.05, 4.69) is 19.1 Å². The zero-order chi connectivity index (χ0) is 12.6. The third kappa shape index (κ3) is 2.10. The molecule has 0 amide bonds. The third-order valence-electron chi connectivity index (χ3n) is 5.31. The first-order valence-electron chi connectivity index (χ1n) is 7.64. The number of hydrogen-bond donors (Lipinski definition) is 0. The van der Waals surface area contributed by atoms with Crippen LogP contribution in [0, 0.1) is 17.8 Å². The summed E-state index contributed by atoms with van der Waals surface area (Å²) < 4.78 is 5.99. The fourth-order valence-electron chi connectivity index (χ4n) is 4.06. The standard InChI is InChI=1S/C16H24O2/c1-2-16(8-4-3-5-9-16)18-15(17)14-11-12-6-7-13(14)10-12/h6-7,12-14H,2-5,8-11H2,1H3. The minimum atomic E-state index is -0.124. The van der Waals surface area contributed by atoms with Crippen molar-refractivity contribution in [3.63, 3.8) is 0 Å². The van der Waals surface area contributed by atoms with Crippen LogP contribution in [0.5, 0.6) is 0 Å². The lowest BCUT2D eigenvalue weighted by Gasteiger charge is -2.37. The van der Waals surface area contributed by atoms with Crippen molar-refractivity contribution < 1.29 is 9.53 Å². The summed E-state index contributed by atoms with van der Waals surface area (Å²) in [6.45, 7) is 2.17. The van der Waals surface area contributed by atoms with Crippen molar-refractivity contribution in [2.24, 2.45) is 17.8 Å². The highest BCUT2D eigenvalue weighted by Crippen LogP contribution is 2.45. The summed E-state index contributed by atoms with van der Waals surface area (Å²) in [6, 6.07) is 0. The summed E-state index contributed by atoms with van der Waals surface area (Å²) in [4.78, 5) is 12.4. The maximum Gasteiger partial charge on any atom is 0.310 e. The quantitative estimate of drug-likeness (QED) is 0.560. The number of ether oxygens (including phenoxy) is 1. The Morgan fingerprint density at radius 1 is 1.22 bits per heavy atom. The second kappa shape index (κ2) is 4.71. The molecule has 3 aliphatic carbocycles. The molecule has 0 N–H and O–H groups in total. The first-order chi connectivity index (χ1) is 8.72. The van der Waals surface area contributed by atoms with Crippen LogP contribution in [0.4, 0.5) is 0 Å². The molecular weight excluding hydrogens is 224 g/mol. The molecule has 3 rings (SSSR count). The molecule has 0 saturated heterocycles. The predicted octanol–water partition coefficient (Wildman–Crippen LogP) is 3.85. The lowest BCUT2D eigenvalue weighted by Crippen LogP contribution is -2.39. The molecule has 3 unspecified atom stereocenters. The highest BCUT2D eigenvalue weighted by Gasteiger charge is 2.43. The minimum Gasteiger partial charge on any atom is -0.459 e. The lowest BCUT2D eigenvalue weighted by molar-refractivity contribution is -0.170. The van der Waals surface area contributed by atoms with E-state index in [4.69, 9.17) is 4.74 Å². The van der Waals surface area contributed by atoms with E-state index in [1.807, 2.05) is 0 Å². The van der Waals surface area contributed by atoms with Crippen LogP contribution in [0.25, 0.3) is 0 Å². The average Bonchev–Trinajstić information content (AvgIpc) is 3.02. The zero-order valence-corrected chi connectivity index (χ0v) is 11.4. The van der Waals surface area contributed by atoms with Crippen LogP contribution in [-0.2, 0) is 9.53 Å². The Balaban J connectivity index is 1.64. The van der Waals surface area contributed by atoms with Crippen LogP contribution in [-0.4, -0.2) is 11.6 Å². The lowest BCUT2D eigenvalue weighted by atomic mass is 9.82. The summed E-state index contributed by atoms with van der Waals surface area (Å²) in [5.74, 6) is 1.37. The van der Waals surface area contributed by atoms with E-state index >= 15 is 0 Å². The second-order valence-corrected chi connectivity index (χ2v) is 6.41. The largest absolute Gasteiger partial charge is 0.459 e. The van der Waals surface area contributed by atoms with Gasteiger partial charge in [-0.3, -0.25) is 4.79 Å². The van der Waals surface area contributed by atoms with Crippen molar-refractivity contribution in [2.75, 3.05) is 0 Å². The van der Waals surface area contributed by atoms with E-state index in [0.29, 0.717) is 11.8 Å². The van der Waals surface area contributed by atoms with Crippen LogP contribution in [0.15, 0.2) is 12.2 Å². The molecule has 0 aliphatic heterocycles. The van der Waals surface area contributed by atoms with Gasteiger partial charge in [0.2, 0.25) is 0 Å². The van der Waals surface area contributed by atoms with Gasteiger partial charge in [-0.05, 0) is 56.8 Å². The van der Waals surface area contributed by atoms with Crippen molar-refractivity contribution in [1.29, 1.82) is 0 Å². The molecule has 2 nitrogen and oxygen atoms in total. The molecule has 2 bridgehead atoms. The van der Waals surface area contributed by atoms with Gasteiger partial charge in [0, 0.05) is 0 Å². The zero-order valence-electron chi connectivity index (χ0n) is 11.4. The van der Waals surface area contributed by atoms with Gasteiger partial charge in [-0.1, -0.05) is 25.5 Å². The van der Waals surface area contributed by atoms with E-state index in [9.17, 15) is 4.79 Å². The smallest absolute Gasteiger partial charge is 0.310 e. The Bertz CT molecular complexity index is 352. The third-order valence-corrected chi connectivity index (χ3v) is 5.31. The number of carbonyl (C=O) groups excluding carboxylic acids is 1. The summed E-state index contributed by atoms with van der Waals surface area (Å²) in [7, 11) is 0. The van der Waals surface area contributed by atoms with Crippen molar-refractivity contribution in [2.45, 2.75) is 63.9 Å². The van der Waals surface area contributed by atoms with E-state index in [0.717, 1.165) is 25.7 Å². The molecule has 0 radical (unpaired) electrons. The van der Waals surface area contributed by atoms with Crippen molar-refractivity contribution in [1.82, 2.24) is 0 Å². The SMILES string of the molecule is CCC1(OC(=O)C2CC3C=CC2C3)CCCCC1. The molecule has 2 heteroatoms. The van der Waals surface area contributed by atoms with E-state index < -0.39 is 0 Å². The molecule has 2 fully saturated rings. The number of esters is 1. The summed E-state index contributed by atoms with van der Waals surface area (Å²) in [5, 5.41) is 0. The van der Waals surface area contributed by atoms with Gasteiger partial charge < -0.3 is 4.74 Å². The first kappa shape index (κ1) is 12.3. The van der Waals surface area contributed by atoms with Crippen molar-refractivity contribution in [3.8, 4) is 0 Å². The molecule has 0 aromatic heterocycles. The minimum absolute atomic E-state index is 0.0931. The van der Waals surface area contributed by atoms with Crippen LogP contribution in [0.2, 0.25) is 0 Å². The Morgan fingerprint density at radius 3 is 2.56 bits per heavy atom. The number of rotatable bonds is 3. The van der Waals surface area contributed by atoms with Crippen LogP contribution in [0.3, 0.4) is 0 Å². The highest BCUT2D eigenvalue weighted by molar-refractivity contribution is 5.74. The second-order valence-electron chi connectivity index (χ2n) is 6.41. The molecule has 3 aliphatic rings. The highest BCUT2D eigenvalue weighted by atomic mass is 16.6. The van der Waals surface area contributed by atoms with E-state index in [-0.39, 0.29) is 17.5 Å². The van der Waals surface area contributed by atoms with E-state index in [1.165, 1.54) is 25.7 Å². The topological polar surface area (TPSA) is 26.3 Å². The first-order valence-corrected chi connectivity index (χ1v) is 7.64. The predicted molar refractivity (Wildman–Crippen MR) is 71.0 cm³/mol. The number of allylic oxidation sites excluding steroid dienone is 2. The Labute approximate surface area is 110 Å². The summed E-state index contributed by atoms with van der Waals surface area (Å²) in [5.41, 5.74) is -0.124. The molecule has 0 aromatic rings. The summed E-state index contributed by atoms with van der Waals surface area (Å²) in [6.07, 6.45) is 13.6. The van der Waals surface area contributed by atoms with Gasteiger partial charge >= 0.3 is 5.97 Å². The molecule has 0 aromatic carbocycles. The van der Waals surface area contributed by atoms with Crippen molar-refractivity contribution >= 4 is 5.97 Å². The number of fused-ring (bicyclic) bond motifs is 2. The Kier molecular flexibility index (Phi) is 3.21. The molecular formula is C16H24O2.